The first-order valence-corrected chi connectivity index (χ1v) is 7.59. The number of hydrogen-bond donors (Lipinski definition) is 1. The van der Waals surface area contributed by atoms with E-state index in [2.05, 4.69) is 5.32 Å². The Labute approximate surface area is 115 Å². The molecule has 0 radical (unpaired) electrons. The molecule has 3 rings (SSSR count). The zero-order chi connectivity index (χ0) is 13.5. The second-order valence-corrected chi connectivity index (χ2v) is 6.32. The fraction of sp³-hybridized carbons (Fsp3) is 0.571. The summed E-state index contributed by atoms with van der Waals surface area (Å²) in [4.78, 5) is 0.832. The molecule has 0 aliphatic carbocycles. The number of fused-ring (bicyclic) bond motifs is 1. The van der Waals surface area contributed by atoms with Gasteiger partial charge >= 0.3 is 6.18 Å². The van der Waals surface area contributed by atoms with Crippen molar-refractivity contribution in [2.75, 3.05) is 18.8 Å². The molecule has 0 aromatic heterocycles. The summed E-state index contributed by atoms with van der Waals surface area (Å²) in [6.07, 6.45) is -1.97. The standard InChI is InChI=1S/C14H16F3NS/c15-14(16,17)10-1-2-11-12(8-19-13(11)7-10)9-3-5-18-6-4-9/h1-2,7,9,12,18H,3-6,8H2. The Bertz CT molecular complexity index is 466. The highest BCUT2D eigenvalue weighted by Gasteiger charge is 2.35. The molecule has 104 valence electrons. The van der Waals surface area contributed by atoms with Crippen LogP contribution in [0.2, 0.25) is 0 Å². The van der Waals surface area contributed by atoms with Gasteiger partial charge in [0.25, 0.3) is 0 Å². The summed E-state index contributed by atoms with van der Waals surface area (Å²) >= 11 is 1.58. The van der Waals surface area contributed by atoms with Crippen LogP contribution in [0.25, 0.3) is 0 Å². The van der Waals surface area contributed by atoms with Gasteiger partial charge in [0, 0.05) is 10.6 Å². The molecule has 1 saturated heterocycles. The van der Waals surface area contributed by atoms with Crippen molar-refractivity contribution in [1.82, 2.24) is 5.32 Å². The maximum Gasteiger partial charge on any atom is 0.416 e. The van der Waals surface area contributed by atoms with Crippen LogP contribution < -0.4 is 5.32 Å². The Morgan fingerprint density at radius 1 is 1.16 bits per heavy atom. The maximum atomic E-state index is 12.7. The fourth-order valence-corrected chi connectivity index (χ4v) is 4.46. The van der Waals surface area contributed by atoms with Crippen LogP contribution in [0.4, 0.5) is 13.2 Å². The highest BCUT2D eigenvalue weighted by Crippen LogP contribution is 2.47. The van der Waals surface area contributed by atoms with E-state index in [0.29, 0.717) is 11.8 Å². The van der Waals surface area contributed by atoms with Gasteiger partial charge in [0.15, 0.2) is 0 Å². The quantitative estimate of drug-likeness (QED) is 0.841. The van der Waals surface area contributed by atoms with Gasteiger partial charge < -0.3 is 5.32 Å². The van der Waals surface area contributed by atoms with Crippen LogP contribution in [0.1, 0.15) is 29.9 Å². The van der Waals surface area contributed by atoms with Crippen LogP contribution in [0.5, 0.6) is 0 Å². The number of rotatable bonds is 1. The maximum absolute atomic E-state index is 12.7. The molecule has 1 atom stereocenters. The van der Waals surface area contributed by atoms with Gasteiger partial charge in [0.05, 0.1) is 5.56 Å². The smallest absolute Gasteiger partial charge is 0.317 e. The molecule has 1 fully saturated rings. The van der Waals surface area contributed by atoms with E-state index in [1.165, 1.54) is 12.1 Å². The van der Waals surface area contributed by atoms with Crippen molar-refractivity contribution in [3.05, 3.63) is 29.3 Å². The summed E-state index contributed by atoms with van der Waals surface area (Å²) in [6.45, 7) is 2.06. The summed E-state index contributed by atoms with van der Waals surface area (Å²) in [6, 6.07) is 4.25. The summed E-state index contributed by atoms with van der Waals surface area (Å²) in [7, 11) is 0. The number of alkyl halides is 3. The van der Waals surface area contributed by atoms with E-state index in [-0.39, 0.29) is 0 Å². The van der Waals surface area contributed by atoms with Gasteiger partial charge in [-0.25, -0.2) is 0 Å². The lowest BCUT2D eigenvalue weighted by Gasteiger charge is -2.28. The van der Waals surface area contributed by atoms with Crippen molar-refractivity contribution in [1.29, 1.82) is 0 Å². The Kier molecular flexibility index (Phi) is 3.52. The number of benzene rings is 1. The van der Waals surface area contributed by atoms with E-state index in [1.807, 2.05) is 0 Å². The molecule has 2 heterocycles. The van der Waals surface area contributed by atoms with E-state index in [9.17, 15) is 13.2 Å². The van der Waals surface area contributed by atoms with Crippen LogP contribution >= 0.6 is 11.8 Å². The number of nitrogens with one attached hydrogen (secondary N) is 1. The van der Waals surface area contributed by atoms with Crippen molar-refractivity contribution in [3.63, 3.8) is 0 Å². The molecular weight excluding hydrogens is 271 g/mol. The van der Waals surface area contributed by atoms with E-state index >= 15 is 0 Å². The molecule has 1 nitrogen and oxygen atoms in total. The topological polar surface area (TPSA) is 12.0 Å². The minimum atomic E-state index is -4.23. The lowest BCUT2D eigenvalue weighted by atomic mass is 9.81. The van der Waals surface area contributed by atoms with Crippen molar-refractivity contribution >= 4 is 11.8 Å². The Morgan fingerprint density at radius 3 is 2.58 bits per heavy atom. The predicted molar refractivity (Wildman–Crippen MR) is 70.5 cm³/mol. The average molecular weight is 287 g/mol. The molecule has 1 aromatic rings. The third-order valence-electron chi connectivity index (χ3n) is 4.11. The van der Waals surface area contributed by atoms with Crippen molar-refractivity contribution in [3.8, 4) is 0 Å². The van der Waals surface area contributed by atoms with Gasteiger partial charge in [-0.2, -0.15) is 13.2 Å². The van der Waals surface area contributed by atoms with Crippen molar-refractivity contribution in [2.24, 2.45) is 5.92 Å². The first-order valence-electron chi connectivity index (χ1n) is 6.60. The molecule has 0 bridgehead atoms. The Balaban J connectivity index is 1.85. The molecule has 0 saturated carbocycles. The van der Waals surface area contributed by atoms with Crippen LogP contribution in [0.3, 0.4) is 0 Å². The van der Waals surface area contributed by atoms with Crippen LogP contribution in [0, 0.1) is 5.92 Å². The fourth-order valence-electron chi connectivity index (χ4n) is 3.05. The zero-order valence-corrected chi connectivity index (χ0v) is 11.3. The molecule has 0 spiro atoms. The zero-order valence-electron chi connectivity index (χ0n) is 10.5. The second kappa shape index (κ2) is 5.02. The molecule has 0 amide bonds. The monoisotopic (exact) mass is 287 g/mol. The van der Waals surface area contributed by atoms with Gasteiger partial charge in [-0.15, -0.1) is 11.8 Å². The molecule has 2 aliphatic rings. The molecule has 19 heavy (non-hydrogen) atoms. The van der Waals surface area contributed by atoms with Gasteiger partial charge in [0.1, 0.15) is 0 Å². The van der Waals surface area contributed by atoms with Crippen LogP contribution in [-0.2, 0) is 6.18 Å². The molecule has 1 aromatic carbocycles. The summed E-state index contributed by atoms with van der Waals surface area (Å²) < 4.78 is 38.1. The SMILES string of the molecule is FC(F)(F)c1ccc2c(c1)SCC2C1CCNCC1. The summed E-state index contributed by atoms with van der Waals surface area (Å²) in [5.74, 6) is 1.98. The number of halogens is 3. The van der Waals surface area contributed by atoms with Gasteiger partial charge in [-0.05, 0) is 55.5 Å². The van der Waals surface area contributed by atoms with Crippen LogP contribution in [0.15, 0.2) is 23.1 Å². The minimum Gasteiger partial charge on any atom is -0.317 e. The third-order valence-corrected chi connectivity index (χ3v) is 5.30. The minimum absolute atomic E-state index is 0.435. The van der Waals surface area contributed by atoms with Crippen molar-refractivity contribution in [2.45, 2.75) is 29.8 Å². The Morgan fingerprint density at radius 2 is 1.89 bits per heavy atom. The molecule has 1 unspecified atom stereocenters. The van der Waals surface area contributed by atoms with Crippen molar-refractivity contribution < 1.29 is 13.2 Å². The van der Waals surface area contributed by atoms with Crippen LogP contribution in [-0.4, -0.2) is 18.8 Å². The van der Waals surface area contributed by atoms with E-state index in [1.54, 1.807) is 17.8 Å². The van der Waals surface area contributed by atoms with Gasteiger partial charge in [0.2, 0.25) is 0 Å². The molecule has 2 aliphatic heterocycles. The van der Waals surface area contributed by atoms with E-state index < -0.39 is 11.7 Å². The van der Waals surface area contributed by atoms with E-state index in [0.717, 1.165) is 42.1 Å². The lowest BCUT2D eigenvalue weighted by Crippen LogP contribution is -2.31. The third kappa shape index (κ3) is 2.63. The highest BCUT2D eigenvalue weighted by molar-refractivity contribution is 7.99. The summed E-state index contributed by atoms with van der Waals surface area (Å²) in [5.41, 5.74) is 0.606. The molecule has 1 N–H and O–H groups in total. The Hall–Kier alpha value is -0.680. The lowest BCUT2D eigenvalue weighted by molar-refractivity contribution is -0.137. The number of piperidine rings is 1. The largest absolute Gasteiger partial charge is 0.416 e. The molecule has 5 heteroatoms. The first-order chi connectivity index (χ1) is 9.05. The first kappa shape index (κ1) is 13.3. The van der Waals surface area contributed by atoms with Gasteiger partial charge in [-0.1, -0.05) is 6.07 Å². The highest BCUT2D eigenvalue weighted by atomic mass is 32.2. The summed E-state index contributed by atoms with van der Waals surface area (Å²) in [5, 5.41) is 3.34. The van der Waals surface area contributed by atoms with Gasteiger partial charge in [-0.3, -0.25) is 0 Å². The second-order valence-electron chi connectivity index (χ2n) is 5.26. The average Bonchev–Trinajstić information content (AvgIpc) is 2.81. The number of thioether (sulfide) groups is 1. The normalized spacial score (nSPS) is 24.5. The van der Waals surface area contributed by atoms with E-state index in [4.69, 9.17) is 0 Å². The molecular formula is C14H16F3NS. The predicted octanol–water partition coefficient (Wildman–Crippen LogP) is 3.89. The number of hydrogen-bond acceptors (Lipinski definition) is 2.